The maximum Gasteiger partial charge on any atom is 0.191 e. The molecule has 1 aromatic rings. The molecule has 5 heteroatoms. The Kier molecular flexibility index (Phi) is 9.66. The maximum absolute atomic E-state index is 4.28. The molecule has 1 heterocycles. The van der Waals surface area contributed by atoms with E-state index in [-0.39, 0.29) is 24.0 Å². The number of hydrogen-bond acceptors (Lipinski definition) is 2. The van der Waals surface area contributed by atoms with Crippen molar-refractivity contribution in [3.63, 3.8) is 0 Å². The van der Waals surface area contributed by atoms with Gasteiger partial charge in [0.15, 0.2) is 5.96 Å². The van der Waals surface area contributed by atoms with E-state index in [1.54, 1.807) is 0 Å². The van der Waals surface area contributed by atoms with Crippen LogP contribution in [-0.2, 0) is 13.1 Å². The summed E-state index contributed by atoms with van der Waals surface area (Å²) in [6.07, 6.45) is 2.70. The van der Waals surface area contributed by atoms with Gasteiger partial charge in [0.05, 0.1) is 0 Å². The molecule has 4 nitrogen and oxygen atoms in total. The number of rotatable bonds is 5. The second-order valence-corrected chi connectivity index (χ2v) is 6.98. The molecule has 0 aliphatic carbocycles. The Morgan fingerprint density at radius 1 is 1.29 bits per heavy atom. The highest BCUT2D eigenvalue weighted by atomic mass is 127. The Morgan fingerprint density at radius 3 is 2.62 bits per heavy atom. The van der Waals surface area contributed by atoms with Crippen LogP contribution in [0.25, 0.3) is 0 Å². The summed E-state index contributed by atoms with van der Waals surface area (Å²) in [6, 6.07) is 9.13. The lowest BCUT2D eigenvalue weighted by atomic mass is 9.99. The van der Waals surface area contributed by atoms with Crippen LogP contribution >= 0.6 is 24.0 Å². The summed E-state index contributed by atoms with van der Waals surface area (Å²) in [5.74, 6) is 1.68. The average Bonchev–Trinajstić information content (AvgIpc) is 2.52. The van der Waals surface area contributed by atoms with Gasteiger partial charge >= 0.3 is 0 Å². The monoisotopic (exact) mass is 444 g/mol. The first-order valence-electron chi connectivity index (χ1n) is 8.84. The summed E-state index contributed by atoms with van der Waals surface area (Å²) in [6.45, 7) is 10.9. The van der Waals surface area contributed by atoms with E-state index >= 15 is 0 Å². The normalized spacial score (nSPS) is 19.0. The van der Waals surface area contributed by atoms with Crippen LogP contribution in [0, 0.1) is 5.92 Å². The minimum atomic E-state index is 0. The van der Waals surface area contributed by atoms with Gasteiger partial charge in [0, 0.05) is 32.7 Å². The lowest BCUT2D eigenvalue weighted by Gasteiger charge is -2.31. The topological polar surface area (TPSA) is 39.7 Å². The predicted octanol–water partition coefficient (Wildman–Crippen LogP) is 3.61. The summed E-state index contributed by atoms with van der Waals surface area (Å²) in [5.41, 5.74) is 2.78. The molecule has 1 aliphatic heterocycles. The highest BCUT2D eigenvalue weighted by molar-refractivity contribution is 14.0. The molecule has 0 spiro atoms. The number of hydrogen-bond donors (Lipinski definition) is 2. The molecule has 1 unspecified atom stereocenters. The quantitative estimate of drug-likeness (QED) is 0.414. The van der Waals surface area contributed by atoms with E-state index in [2.05, 4.69) is 65.6 Å². The van der Waals surface area contributed by atoms with Crippen LogP contribution in [0.15, 0.2) is 29.3 Å². The van der Waals surface area contributed by atoms with Crippen LogP contribution in [0.5, 0.6) is 0 Å². The van der Waals surface area contributed by atoms with Gasteiger partial charge in [-0.1, -0.05) is 31.2 Å². The van der Waals surface area contributed by atoms with Crippen molar-refractivity contribution in [2.45, 2.75) is 52.7 Å². The zero-order chi connectivity index (χ0) is 16.7. The molecule has 1 atom stereocenters. The second-order valence-electron chi connectivity index (χ2n) is 6.98. The van der Waals surface area contributed by atoms with Crippen molar-refractivity contribution in [2.75, 3.05) is 20.1 Å². The summed E-state index contributed by atoms with van der Waals surface area (Å²) >= 11 is 0. The Bertz CT molecular complexity index is 516. The van der Waals surface area contributed by atoms with Gasteiger partial charge in [0.25, 0.3) is 0 Å². The molecule has 24 heavy (non-hydrogen) atoms. The minimum Gasteiger partial charge on any atom is -0.354 e. The van der Waals surface area contributed by atoms with E-state index in [0.717, 1.165) is 25.0 Å². The SMILES string of the molecule is CN=C(NCc1ccccc1CN1CCCC(C)C1)NC(C)C.I. The highest BCUT2D eigenvalue weighted by Gasteiger charge is 2.17. The van der Waals surface area contributed by atoms with Crippen molar-refractivity contribution >= 4 is 29.9 Å². The first-order valence-corrected chi connectivity index (χ1v) is 8.84. The van der Waals surface area contributed by atoms with Gasteiger partial charge in [-0.25, -0.2) is 0 Å². The maximum atomic E-state index is 4.28. The van der Waals surface area contributed by atoms with Crippen molar-refractivity contribution in [2.24, 2.45) is 10.9 Å². The van der Waals surface area contributed by atoms with Crippen LogP contribution in [0.3, 0.4) is 0 Å². The van der Waals surface area contributed by atoms with Crippen molar-refractivity contribution in [1.82, 2.24) is 15.5 Å². The van der Waals surface area contributed by atoms with Crippen LogP contribution in [-0.4, -0.2) is 37.0 Å². The molecule has 1 fully saturated rings. The number of nitrogens with one attached hydrogen (secondary N) is 2. The Labute approximate surface area is 164 Å². The Balaban J connectivity index is 0.00000288. The van der Waals surface area contributed by atoms with Gasteiger partial charge < -0.3 is 10.6 Å². The van der Waals surface area contributed by atoms with Crippen LogP contribution in [0.2, 0.25) is 0 Å². The van der Waals surface area contributed by atoms with E-state index < -0.39 is 0 Å². The number of guanidine groups is 1. The van der Waals surface area contributed by atoms with Gasteiger partial charge in [-0.15, -0.1) is 24.0 Å². The molecule has 2 N–H and O–H groups in total. The second kappa shape index (κ2) is 10.9. The van der Waals surface area contributed by atoms with Gasteiger partial charge in [-0.2, -0.15) is 0 Å². The van der Waals surface area contributed by atoms with E-state index in [1.165, 1.54) is 37.1 Å². The lowest BCUT2D eigenvalue weighted by Crippen LogP contribution is -2.40. The largest absolute Gasteiger partial charge is 0.354 e. The molecular weight excluding hydrogens is 411 g/mol. The van der Waals surface area contributed by atoms with Gasteiger partial charge in [0.2, 0.25) is 0 Å². The summed E-state index contributed by atoms with van der Waals surface area (Å²) < 4.78 is 0. The number of nitrogens with zero attached hydrogens (tertiary/aromatic N) is 2. The van der Waals surface area contributed by atoms with Crippen LogP contribution in [0.1, 0.15) is 44.7 Å². The van der Waals surface area contributed by atoms with Crippen molar-refractivity contribution in [1.29, 1.82) is 0 Å². The molecule has 0 aromatic heterocycles. The molecule has 1 saturated heterocycles. The highest BCUT2D eigenvalue weighted by Crippen LogP contribution is 2.19. The fourth-order valence-electron chi connectivity index (χ4n) is 3.20. The third-order valence-electron chi connectivity index (χ3n) is 4.35. The van der Waals surface area contributed by atoms with E-state index in [0.29, 0.717) is 6.04 Å². The molecule has 0 bridgehead atoms. The first-order chi connectivity index (χ1) is 11.1. The number of likely N-dealkylation sites (tertiary alicyclic amines) is 1. The van der Waals surface area contributed by atoms with E-state index in [4.69, 9.17) is 0 Å². The zero-order valence-corrected chi connectivity index (χ0v) is 17.8. The number of benzene rings is 1. The van der Waals surface area contributed by atoms with Gasteiger partial charge in [-0.05, 0) is 50.3 Å². The van der Waals surface area contributed by atoms with Crippen LogP contribution < -0.4 is 10.6 Å². The molecule has 0 radical (unpaired) electrons. The average molecular weight is 444 g/mol. The number of piperidine rings is 1. The molecule has 0 amide bonds. The summed E-state index contributed by atoms with van der Waals surface area (Å²) in [5, 5.41) is 6.76. The van der Waals surface area contributed by atoms with Gasteiger partial charge in [0.1, 0.15) is 0 Å². The Hall–Kier alpha value is -0.820. The zero-order valence-electron chi connectivity index (χ0n) is 15.5. The van der Waals surface area contributed by atoms with E-state index in [9.17, 15) is 0 Å². The fraction of sp³-hybridized carbons (Fsp3) is 0.632. The molecule has 1 aliphatic rings. The predicted molar refractivity (Wildman–Crippen MR) is 114 cm³/mol. The number of halogens is 1. The van der Waals surface area contributed by atoms with E-state index in [1.807, 2.05) is 7.05 Å². The molecule has 1 aromatic carbocycles. The van der Waals surface area contributed by atoms with Crippen molar-refractivity contribution in [3.05, 3.63) is 35.4 Å². The molecule has 0 saturated carbocycles. The summed E-state index contributed by atoms with van der Waals surface area (Å²) in [7, 11) is 1.82. The summed E-state index contributed by atoms with van der Waals surface area (Å²) in [4.78, 5) is 6.87. The third-order valence-corrected chi connectivity index (χ3v) is 4.35. The minimum absolute atomic E-state index is 0. The molecular formula is C19H33IN4. The molecule has 2 rings (SSSR count). The number of aliphatic imine (C=N–C) groups is 1. The van der Waals surface area contributed by atoms with Crippen molar-refractivity contribution in [3.8, 4) is 0 Å². The first kappa shape index (κ1) is 21.2. The standard InChI is InChI=1S/C19H32N4.HI/c1-15(2)22-19(20-4)21-12-17-9-5-6-10-18(17)14-23-11-7-8-16(3)13-23;/h5-6,9-10,15-16H,7-8,11-14H2,1-4H3,(H2,20,21,22);1H. The van der Waals surface area contributed by atoms with Crippen molar-refractivity contribution < 1.29 is 0 Å². The fourth-order valence-corrected chi connectivity index (χ4v) is 3.20. The lowest BCUT2D eigenvalue weighted by molar-refractivity contribution is 0.176. The smallest absolute Gasteiger partial charge is 0.191 e. The van der Waals surface area contributed by atoms with Gasteiger partial charge in [-0.3, -0.25) is 9.89 Å². The Morgan fingerprint density at radius 2 is 2.00 bits per heavy atom. The third kappa shape index (κ3) is 6.97. The molecule has 136 valence electrons. The van der Waals surface area contributed by atoms with Crippen LogP contribution in [0.4, 0.5) is 0 Å².